The van der Waals surface area contributed by atoms with Gasteiger partial charge in [0.1, 0.15) is 0 Å². The lowest BCUT2D eigenvalue weighted by atomic mass is 9.87. The molecule has 3 aromatic heterocycles. The summed E-state index contributed by atoms with van der Waals surface area (Å²) in [6.45, 7) is 4.80. The summed E-state index contributed by atoms with van der Waals surface area (Å²) in [5.41, 5.74) is 3.28. The standard InChI is InChI=1S/C40H41F3N8O4/c1-3-24-14-31-34(4-8-45-36(31)33(17-24)46-35(52)18-26-20-50(21-26)38(53)27-6-12-55-13-7-27)51-10-5-28-29(32-22-48(2)47-37(32)40(41,42)43)15-25(16-30(28)39(51)54)19-49-11-9-44-23-49/h4,8-9,11,14-17,22-23,26-27H,3,5-7,10,12-13,18-21H2,1-2H3,(H,46,52). The number of aromatic nitrogens is 5. The Bertz CT molecular complexity index is 2270. The highest BCUT2D eigenvalue weighted by Gasteiger charge is 2.40. The van der Waals surface area contributed by atoms with E-state index >= 15 is 0 Å². The lowest BCUT2D eigenvalue weighted by Gasteiger charge is -2.41. The molecule has 0 saturated carbocycles. The Morgan fingerprint density at radius 3 is 2.53 bits per heavy atom. The molecule has 0 spiro atoms. The monoisotopic (exact) mass is 754 g/mol. The number of aryl methyl sites for hydroxylation is 2. The van der Waals surface area contributed by atoms with E-state index in [9.17, 15) is 27.6 Å². The third-order valence-electron chi connectivity index (χ3n) is 10.9. The fourth-order valence-electron chi connectivity index (χ4n) is 8.09. The molecule has 0 atom stereocenters. The minimum Gasteiger partial charge on any atom is -0.381 e. The molecule has 0 unspecified atom stereocenters. The molecule has 5 aromatic rings. The molecule has 8 rings (SSSR count). The van der Waals surface area contributed by atoms with Gasteiger partial charge < -0.3 is 24.4 Å². The number of hydrogen-bond donors (Lipinski definition) is 1. The third kappa shape index (κ3) is 7.20. The number of benzene rings is 2. The summed E-state index contributed by atoms with van der Waals surface area (Å²) < 4.78 is 51.1. The molecular weight excluding hydrogens is 713 g/mol. The van der Waals surface area contributed by atoms with Gasteiger partial charge in [-0.15, -0.1) is 0 Å². The molecule has 3 aliphatic heterocycles. The second-order valence-corrected chi connectivity index (χ2v) is 14.6. The summed E-state index contributed by atoms with van der Waals surface area (Å²) in [4.78, 5) is 53.1. The number of carbonyl (C=O) groups excluding carboxylic acids is 3. The molecule has 55 heavy (non-hydrogen) atoms. The van der Waals surface area contributed by atoms with Gasteiger partial charge in [-0.05, 0) is 78.3 Å². The van der Waals surface area contributed by atoms with Gasteiger partial charge in [0, 0.05) is 106 Å². The lowest BCUT2D eigenvalue weighted by molar-refractivity contribution is -0.146. The van der Waals surface area contributed by atoms with Crippen molar-refractivity contribution in [2.75, 3.05) is 43.1 Å². The molecule has 15 heteroatoms. The highest BCUT2D eigenvalue weighted by atomic mass is 19.4. The van der Waals surface area contributed by atoms with Crippen LogP contribution in [0.2, 0.25) is 0 Å². The van der Waals surface area contributed by atoms with Crippen molar-refractivity contribution in [2.45, 2.75) is 51.7 Å². The van der Waals surface area contributed by atoms with Crippen molar-refractivity contribution in [3.63, 3.8) is 0 Å². The number of imidazole rings is 1. The average molecular weight is 755 g/mol. The highest BCUT2D eigenvalue weighted by Crippen LogP contribution is 2.41. The van der Waals surface area contributed by atoms with Gasteiger partial charge in [-0.2, -0.15) is 18.3 Å². The van der Waals surface area contributed by atoms with Crippen LogP contribution in [-0.4, -0.2) is 79.8 Å². The number of carbonyl (C=O) groups is 3. The van der Waals surface area contributed by atoms with Crippen LogP contribution in [0.4, 0.5) is 24.5 Å². The van der Waals surface area contributed by atoms with E-state index in [-0.39, 0.29) is 48.1 Å². The van der Waals surface area contributed by atoms with Crippen LogP contribution in [0.25, 0.3) is 22.0 Å². The molecular formula is C40H41F3N8O4. The normalized spacial score (nSPS) is 16.7. The smallest absolute Gasteiger partial charge is 0.381 e. The number of ether oxygens (including phenoxy) is 1. The van der Waals surface area contributed by atoms with Gasteiger partial charge in [-0.1, -0.05) is 6.92 Å². The van der Waals surface area contributed by atoms with Crippen LogP contribution in [0.5, 0.6) is 0 Å². The van der Waals surface area contributed by atoms with E-state index in [1.807, 2.05) is 24.0 Å². The SMILES string of the molecule is CCc1cc(NC(=O)CC2CN(C(=O)C3CCOCC3)C2)c2nccc(N3CCc4c(cc(Cn5ccnc5)cc4-c4cn(C)nc4C(F)(F)F)C3=O)c2c1. The van der Waals surface area contributed by atoms with Crippen molar-refractivity contribution in [3.8, 4) is 11.1 Å². The molecule has 0 radical (unpaired) electrons. The first-order chi connectivity index (χ1) is 26.5. The Balaban J connectivity index is 1.08. The maximum atomic E-state index is 14.6. The van der Waals surface area contributed by atoms with Crippen LogP contribution >= 0.6 is 0 Å². The van der Waals surface area contributed by atoms with Crippen molar-refractivity contribution in [1.82, 2.24) is 29.2 Å². The molecule has 2 aromatic carbocycles. The highest BCUT2D eigenvalue weighted by molar-refractivity contribution is 6.14. The molecule has 2 saturated heterocycles. The van der Waals surface area contributed by atoms with Gasteiger partial charge in [0.2, 0.25) is 11.8 Å². The van der Waals surface area contributed by atoms with E-state index in [0.29, 0.717) is 90.2 Å². The molecule has 2 fully saturated rings. The van der Waals surface area contributed by atoms with Gasteiger partial charge in [-0.3, -0.25) is 24.0 Å². The van der Waals surface area contributed by atoms with Crippen LogP contribution < -0.4 is 10.2 Å². The van der Waals surface area contributed by atoms with E-state index in [4.69, 9.17) is 4.74 Å². The molecule has 3 amide bonds. The molecule has 0 bridgehead atoms. The Morgan fingerprint density at radius 1 is 1.02 bits per heavy atom. The van der Waals surface area contributed by atoms with Crippen LogP contribution in [0, 0.1) is 11.8 Å². The Morgan fingerprint density at radius 2 is 1.80 bits per heavy atom. The summed E-state index contributed by atoms with van der Waals surface area (Å²) in [5.74, 6) is -0.345. The zero-order valence-electron chi connectivity index (χ0n) is 30.6. The van der Waals surface area contributed by atoms with Gasteiger partial charge in [0.25, 0.3) is 5.91 Å². The number of anilines is 2. The number of likely N-dealkylation sites (tertiary alicyclic amines) is 1. The van der Waals surface area contributed by atoms with E-state index in [2.05, 4.69) is 20.4 Å². The molecule has 1 N–H and O–H groups in total. The molecule has 286 valence electrons. The Labute approximate surface area is 315 Å². The van der Waals surface area contributed by atoms with Crippen LogP contribution in [-0.2, 0) is 46.9 Å². The fourth-order valence-corrected chi connectivity index (χ4v) is 8.09. The van der Waals surface area contributed by atoms with Crippen molar-refractivity contribution in [3.05, 3.63) is 89.4 Å². The maximum Gasteiger partial charge on any atom is 0.435 e. The molecule has 3 aliphatic rings. The van der Waals surface area contributed by atoms with Gasteiger partial charge >= 0.3 is 6.18 Å². The summed E-state index contributed by atoms with van der Waals surface area (Å²) in [6.07, 6.45) is 5.89. The number of rotatable bonds is 9. The minimum absolute atomic E-state index is 0.0120. The fraction of sp³-hybridized carbons (Fsp3) is 0.400. The summed E-state index contributed by atoms with van der Waals surface area (Å²) in [5, 5.41) is 7.49. The van der Waals surface area contributed by atoms with Crippen molar-refractivity contribution < 1.29 is 32.3 Å². The van der Waals surface area contributed by atoms with E-state index in [1.165, 1.54) is 13.2 Å². The Hall–Kier alpha value is -5.57. The summed E-state index contributed by atoms with van der Waals surface area (Å²) in [6, 6.07) is 9.08. The zero-order valence-corrected chi connectivity index (χ0v) is 30.6. The topological polar surface area (TPSA) is 127 Å². The number of pyridine rings is 1. The predicted molar refractivity (Wildman–Crippen MR) is 198 cm³/mol. The number of nitrogens with zero attached hydrogens (tertiary/aromatic N) is 7. The lowest BCUT2D eigenvalue weighted by Crippen LogP contribution is -2.53. The van der Waals surface area contributed by atoms with Gasteiger partial charge in [-0.25, -0.2) is 4.98 Å². The van der Waals surface area contributed by atoms with E-state index in [0.717, 1.165) is 23.1 Å². The van der Waals surface area contributed by atoms with Crippen LogP contribution in [0.1, 0.15) is 58.9 Å². The first kappa shape index (κ1) is 36.4. The summed E-state index contributed by atoms with van der Waals surface area (Å²) >= 11 is 0. The predicted octanol–water partition coefficient (Wildman–Crippen LogP) is 5.88. The maximum absolute atomic E-state index is 14.6. The minimum atomic E-state index is -4.70. The second kappa shape index (κ2) is 14.6. The first-order valence-corrected chi connectivity index (χ1v) is 18.6. The number of nitrogens with one attached hydrogen (secondary N) is 1. The molecule has 12 nitrogen and oxygen atoms in total. The second-order valence-electron chi connectivity index (χ2n) is 14.6. The number of halogens is 3. The molecule has 6 heterocycles. The quantitative estimate of drug-likeness (QED) is 0.199. The Kier molecular flexibility index (Phi) is 9.65. The number of amides is 3. The zero-order chi connectivity index (χ0) is 38.4. The largest absolute Gasteiger partial charge is 0.435 e. The third-order valence-corrected chi connectivity index (χ3v) is 10.9. The summed E-state index contributed by atoms with van der Waals surface area (Å²) in [7, 11) is 1.45. The van der Waals surface area contributed by atoms with Crippen LogP contribution in [0.15, 0.2) is 61.4 Å². The first-order valence-electron chi connectivity index (χ1n) is 18.6. The van der Waals surface area contributed by atoms with Crippen LogP contribution in [0.3, 0.4) is 0 Å². The van der Waals surface area contributed by atoms with E-state index in [1.54, 1.807) is 52.6 Å². The van der Waals surface area contributed by atoms with Crippen molar-refractivity contribution in [1.29, 1.82) is 0 Å². The number of fused-ring (bicyclic) bond motifs is 2. The van der Waals surface area contributed by atoms with Gasteiger partial charge in [0.15, 0.2) is 5.69 Å². The van der Waals surface area contributed by atoms with E-state index < -0.39 is 11.9 Å². The van der Waals surface area contributed by atoms with Crippen molar-refractivity contribution in [2.24, 2.45) is 18.9 Å². The average Bonchev–Trinajstić information content (AvgIpc) is 3.82. The molecule has 0 aliphatic carbocycles. The number of alkyl halides is 3. The van der Waals surface area contributed by atoms with Crippen molar-refractivity contribution >= 4 is 40.0 Å². The number of hydrogen-bond acceptors (Lipinski definition) is 7. The van der Waals surface area contributed by atoms with Gasteiger partial charge in [0.05, 0.1) is 23.2 Å².